The van der Waals surface area contributed by atoms with Gasteiger partial charge in [0, 0.05) is 12.0 Å². The highest BCUT2D eigenvalue weighted by Gasteiger charge is 2.47. The van der Waals surface area contributed by atoms with E-state index in [9.17, 15) is 13.6 Å². The number of alkyl halides is 2. The number of hydrogen-bond acceptors (Lipinski definition) is 1. The van der Waals surface area contributed by atoms with Gasteiger partial charge in [-0.1, -0.05) is 69.0 Å². The van der Waals surface area contributed by atoms with Crippen molar-refractivity contribution in [2.75, 3.05) is 0 Å². The molecule has 1 unspecified atom stereocenters. The Kier molecular flexibility index (Phi) is 4.47. The first-order valence-corrected chi connectivity index (χ1v) is 8.49. The lowest BCUT2D eigenvalue weighted by Gasteiger charge is -2.31. The van der Waals surface area contributed by atoms with E-state index in [1.165, 1.54) is 0 Å². The van der Waals surface area contributed by atoms with Gasteiger partial charge in [-0.2, -0.15) is 8.78 Å². The lowest BCUT2D eigenvalue weighted by Crippen LogP contribution is -2.36. The summed E-state index contributed by atoms with van der Waals surface area (Å²) < 4.78 is 28.3. The van der Waals surface area contributed by atoms with E-state index in [2.05, 4.69) is 6.92 Å². The number of rotatable bonds is 5. The minimum Gasteiger partial charge on any atom is -0.287 e. The van der Waals surface area contributed by atoms with Crippen molar-refractivity contribution < 1.29 is 13.6 Å². The van der Waals surface area contributed by atoms with Gasteiger partial charge in [-0.3, -0.25) is 4.79 Å². The molecule has 1 aliphatic carbocycles. The second kappa shape index (κ2) is 6.38. The zero-order valence-electron chi connectivity index (χ0n) is 13.4. The van der Waals surface area contributed by atoms with Crippen LogP contribution >= 0.6 is 0 Å². The Balaban J connectivity index is 2.03. The van der Waals surface area contributed by atoms with Crippen molar-refractivity contribution in [3.8, 4) is 0 Å². The van der Waals surface area contributed by atoms with E-state index in [0.29, 0.717) is 0 Å². The molecular weight excluding hydrogens is 294 g/mol. The van der Waals surface area contributed by atoms with Crippen molar-refractivity contribution in [2.24, 2.45) is 0 Å². The molecule has 23 heavy (non-hydrogen) atoms. The van der Waals surface area contributed by atoms with Crippen LogP contribution in [0.25, 0.3) is 10.8 Å². The van der Waals surface area contributed by atoms with Crippen LogP contribution in [0.2, 0.25) is 0 Å². The minimum atomic E-state index is -3.23. The molecule has 2 aromatic rings. The van der Waals surface area contributed by atoms with Gasteiger partial charge in [0.1, 0.15) is 0 Å². The normalized spacial score (nSPS) is 19.8. The number of carbonyl (C=O) groups excluding carboxylic acids is 1. The average molecular weight is 316 g/mol. The summed E-state index contributed by atoms with van der Waals surface area (Å²) in [6, 6.07) is 11.1. The highest BCUT2D eigenvalue weighted by molar-refractivity contribution is 6.08. The van der Waals surface area contributed by atoms with Crippen molar-refractivity contribution in [1.29, 1.82) is 0 Å². The molecule has 1 atom stereocenters. The summed E-state index contributed by atoms with van der Waals surface area (Å²) in [5, 5.41) is 1.97. The fourth-order valence-electron chi connectivity index (χ4n) is 3.70. The van der Waals surface area contributed by atoms with Gasteiger partial charge in [-0.05, 0) is 28.7 Å². The van der Waals surface area contributed by atoms with Crippen LogP contribution in [-0.2, 0) is 0 Å². The molecule has 0 amide bonds. The quantitative estimate of drug-likeness (QED) is 0.608. The molecule has 3 rings (SSSR count). The summed E-state index contributed by atoms with van der Waals surface area (Å²) in [4.78, 5) is 12.2. The molecule has 0 bridgehead atoms. The van der Waals surface area contributed by atoms with Gasteiger partial charge >= 0.3 is 5.92 Å². The molecule has 0 heterocycles. The smallest absolute Gasteiger partial charge is 0.287 e. The van der Waals surface area contributed by atoms with Gasteiger partial charge in [0.2, 0.25) is 5.78 Å². The first-order chi connectivity index (χ1) is 11.0. The number of unbranched alkanes of at least 4 members (excludes halogenated alkanes) is 3. The molecule has 0 fully saturated rings. The summed E-state index contributed by atoms with van der Waals surface area (Å²) >= 11 is 0. The summed E-state index contributed by atoms with van der Waals surface area (Å²) in [6.07, 6.45) is 4.63. The van der Waals surface area contributed by atoms with Gasteiger partial charge in [0.15, 0.2) is 0 Å². The third kappa shape index (κ3) is 3.01. The number of ketones is 1. The summed E-state index contributed by atoms with van der Waals surface area (Å²) in [7, 11) is 0. The number of carbonyl (C=O) groups is 1. The van der Waals surface area contributed by atoms with Crippen LogP contribution in [0.4, 0.5) is 8.78 Å². The molecule has 3 heteroatoms. The van der Waals surface area contributed by atoms with Crippen LogP contribution in [-0.4, -0.2) is 11.7 Å². The van der Waals surface area contributed by atoms with E-state index in [1.54, 1.807) is 12.1 Å². The van der Waals surface area contributed by atoms with Crippen molar-refractivity contribution in [1.82, 2.24) is 0 Å². The first-order valence-electron chi connectivity index (χ1n) is 8.49. The Morgan fingerprint density at radius 2 is 1.87 bits per heavy atom. The Morgan fingerprint density at radius 1 is 1.09 bits per heavy atom. The number of fused-ring (bicyclic) bond motifs is 3. The molecule has 1 aliphatic rings. The molecule has 2 aromatic carbocycles. The Labute approximate surface area is 135 Å². The van der Waals surface area contributed by atoms with Crippen LogP contribution in [0.1, 0.15) is 67.3 Å². The van der Waals surface area contributed by atoms with E-state index >= 15 is 0 Å². The molecule has 0 saturated carbocycles. The lowest BCUT2D eigenvalue weighted by atomic mass is 9.75. The van der Waals surface area contributed by atoms with Crippen LogP contribution in [0, 0.1) is 0 Å². The third-order valence-corrected chi connectivity index (χ3v) is 4.86. The molecule has 0 radical (unpaired) electrons. The number of hydrogen-bond donors (Lipinski definition) is 0. The maximum atomic E-state index is 14.2. The van der Waals surface area contributed by atoms with Crippen molar-refractivity contribution >= 4 is 16.6 Å². The predicted molar refractivity (Wildman–Crippen MR) is 89.3 cm³/mol. The largest absolute Gasteiger partial charge is 0.310 e. The Hall–Kier alpha value is -1.77. The second-order valence-electron chi connectivity index (χ2n) is 6.53. The van der Waals surface area contributed by atoms with Crippen molar-refractivity contribution in [3.05, 3.63) is 47.5 Å². The number of Topliss-reactive ketones (excluding diaryl/α,β-unsaturated/α-hetero) is 1. The van der Waals surface area contributed by atoms with E-state index < -0.39 is 11.7 Å². The number of halogens is 2. The van der Waals surface area contributed by atoms with E-state index in [1.807, 2.05) is 24.3 Å². The Bertz CT molecular complexity index is 721. The SMILES string of the molecule is CCCCCCC1CC(F)(F)C(=O)c2ccc3ccccc3c21. The molecule has 0 aliphatic heterocycles. The Morgan fingerprint density at radius 3 is 2.65 bits per heavy atom. The molecule has 0 saturated heterocycles. The molecule has 0 spiro atoms. The molecule has 122 valence electrons. The van der Waals surface area contributed by atoms with Crippen LogP contribution in [0.3, 0.4) is 0 Å². The van der Waals surface area contributed by atoms with Crippen molar-refractivity contribution in [2.45, 2.75) is 57.3 Å². The molecule has 0 aromatic heterocycles. The monoisotopic (exact) mass is 316 g/mol. The summed E-state index contributed by atoms with van der Waals surface area (Å²) in [5.74, 6) is -4.48. The zero-order chi connectivity index (χ0) is 16.4. The highest BCUT2D eigenvalue weighted by atomic mass is 19.3. The van der Waals surface area contributed by atoms with Crippen molar-refractivity contribution in [3.63, 3.8) is 0 Å². The topological polar surface area (TPSA) is 17.1 Å². The zero-order valence-corrected chi connectivity index (χ0v) is 13.4. The average Bonchev–Trinajstić information content (AvgIpc) is 2.55. The standard InChI is InChI=1S/C20H22F2O/c1-2-3-4-5-9-15-13-20(21,22)19(23)17-12-11-14-8-6-7-10-16(14)18(15)17/h6-8,10-12,15H,2-5,9,13H2,1H3. The van der Waals surface area contributed by atoms with Crippen LogP contribution in [0.5, 0.6) is 0 Å². The van der Waals surface area contributed by atoms with Gasteiger partial charge in [0.25, 0.3) is 0 Å². The predicted octanol–water partition coefficient (Wildman–Crippen LogP) is 6.12. The summed E-state index contributed by atoms with van der Waals surface area (Å²) in [5.41, 5.74) is 1.07. The van der Waals surface area contributed by atoms with E-state index in [-0.39, 0.29) is 17.9 Å². The fourth-order valence-corrected chi connectivity index (χ4v) is 3.70. The van der Waals surface area contributed by atoms with Crippen LogP contribution < -0.4 is 0 Å². The molecule has 0 N–H and O–H groups in total. The highest BCUT2D eigenvalue weighted by Crippen LogP contribution is 2.45. The van der Waals surface area contributed by atoms with Crippen LogP contribution in [0.15, 0.2) is 36.4 Å². The van der Waals surface area contributed by atoms with Gasteiger partial charge in [-0.25, -0.2) is 0 Å². The van der Waals surface area contributed by atoms with Gasteiger partial charge in [-0.15, -0.1) is 0 Å². The van der Waals surface area contributed by atoms with Gasteiger partial charge in [0.05, 0.1) is 0 Å². The second-order valence-corrected chi connectivity index (χ2v) is 6.53. The molecular formula is C20H22F2O. The van der Waals surface area contributed by atoms with E-state index in [4.69, 9.17) is 0 Å². The first kappa shape index (κ1) is 16.1. The summed E-state index contributed by atoms with van der Waals surface area (Å²) in [6.45, 7) is 2.14. The maximum absolute atomic E-state index is 14.2. The lowest BCUT2D eigenvalue weighted by molar-refractivity contribution is -0.00406. The third-order valence-electron chi connectivity index (χ3n) is 4.86. The van der Waals surface area contributed by atoms with E-state index in [0.717, 1.165) is 48.4 Å². The minimum absolute atomic E-state index is 0.223. The number of benzene rings is 2. The fraction of sp³-hybridized carbons (Fsp3) is 0.450. The maximum Gasteiger partial charge on any atom is 0.310 e. The molecule has 1 nitrogen and oxygen atoms in total. The van der Waals surface area contributed by atoms with Gasteiger partial charge < -0.3 is 0 Å².